The molecule has 2 amide bonds. The van der Waals surface area contributed by atoms with Crippen LogP contribution in [0.4, 0.5) is 11.4 Å². The summed E-state index contributed by atoms with van der Waals surface area (Å²) in [5, 5.41) is 5.02. The number of nitrogens with zero attached hydrogens (tertiary/aromatic N) is 2. The summed E-state index contributed by atoms with van der Waals surface area (Å²) in [6.07, 6.45) is 1.78. The van der Waals surface area contributed by atoms with Crippen molar-refractivity contribution in [1.82, 2.24) is 4.90 Å². The van der Waals surface area contributed by atoms with Gasteiger partial charge in [-0.2, -0.15) is 0 Å². The van der Waals surface area contributed by atoms with Crippen LogP contribution >= 0.6 is 11.3 Å². The van der Waals surface area contributed by atoms with Crippen molar-refractivity contribution >= 4 is 34.5 Å². The molecule has 164 valence electrons. The second-order valence-corrected chi connectivity index (χ2v) is 10.1. The second-order valence-electron chi connectivity index (χ2n) is 9.09. The van der Waals surface area contributed by atoms with E-state index in [9.17, 15) is 9.59 Å². The molecular weight excluding hydrogens is 394 g/mol. The average molecular weight is 430 g/mol. The highest BCUT2D eigenvalue weighted by atomic mass is 32.1. The first kappa shape index (κ1) is 23.9. The van der Waals surface area contributed by atoms with Crippen LogP contribution in [0.25, 0.3) is 0 Å². The Hall–Kier alpha value is -2.34. The van der Waals surface area contributed by atoms with Crippen LogP contribution in [0.5, 0.6) is 0 Å². The minimum Gasteiger partial charge on any atom is -0.377 e. The normalized spacial score (nSPS) is 11.3. The third-order valence-corrected chi connectivity index (χ3v) is 5.53. The zero-order valence-electron chi connectivity index (χ0n) is 19.1. The number of thiophene rings is 1. The molecule has 1 heterocycles. The van der Waals surface area contributed by atoms with Gasteiger partial charge in [0.05, 0.1) is 6.42 Å². The van der Waals surface area contributed by atoms with Crippen molar-refractivity contribution in [3.8, 4) is 0 Å². The Morgan fingerprint density at radius 1 is 1.13 bits per heavy atom. The molecule has 0 fully saturated rings. The highest BCUT2D eigenvalue weighted by Crippen LogP contribution is 2.26. The molecule has 1 N–H and O–H groups in total. The van der Waals surface area contributed by atoms with Gasteiger partial charge >= 0.3 is 0 Å². The Bertz CT molecular complexity index is 839. The lowest BCUT2D eigenvalue weighted by Crippen LogP contribution is -2.33. The Balaban J connectivity index is 2.22. The van der Waals surface area contributed by atoms with Gasteiger partial charge in [0.1, 0.15) is 0 Å². The monoisotopic (exact) mass is 429 g/mol. The Kier molecular flexibility index (Phi) is 8.47. The summed E-state index contributed by atoms with van der Waals surface area (Å²) in [6.45, 7) is 9.46. The van der Waals surface area contributed by atoms with Crippen molar-refractivity contribution in [2.75, 3.05) is 30.9 Å². The number of rotatable bonds is 9. The van der Waals surface area contributed by atoms with Gasteiger partial charge in [-0.3, -0.25) is 9.59 Å². The van der Waals surface area contributed by atoms with E-state index in [1.807, 2.05) is 59.6 Å². The fourth-order valence-electron chi connectivity index (χ4n) is 3.35. The van der Waals surface area contributed by atoms with Crippen molar-refractivity contribution in [3.05, 3.63) is 46.2 Å². The number of hydrogen-bond donors (Lipinski definition) is 1. The van der Waals surface area contributed by atoms with E-state index in [1.54, 1.807) is 11.3 Å². The highest BCUT2D eigenvalue weighted by Gasteiger charge is 2.19. The molecule has 0 aliphatic carbocycles. The highest BCUT2D eigenvalue weighted by molar-refractivity contribution is 7.10. The molecule has 0 aliphatic heterocycles. The van der Waals surface area contributed by atoms with E-state index in [1.165, 1.54) is 0 Å². The summed E-state index contributed by atoms with van der Waals surface area (Å²) in [4.78, 5) is 30.4. The fourth-order valence-corrected chi connectivity index (χ4v) is 4.05. The summed E-state index contributed by atoms with van der Waals surface area (Å²) in [5.74, 6) is 0.136. The largest absolute Gasteiger partial charge is 0.377 e. The van der Waals surface area contributed by atoms with Gasteiger partial charge < -0.3 is 15.1 Å². The lowest BCUT2D eigenvalue weighted by Gasteiger charge is -2.26. The molecule has 0 aliphatic rings. The van der Waals surface area contributed by atoms with Gasteiger partial charge in [-0.15, -0.1) is 11.3 Å². The van der Waals surface area contributed by atoms with Crippen molar-refractivity contribution < 1.29 is 9.59 Å². The molecule has 1 aromatic heterocycles. The third-order valence-electron chi connectivity index (χ3n) is 4.65. The van der Waals surface area contributed by atoms with Gasteiger partial charge in [-0.05, 0) is 47.0 Å². The van der Waals surface area contributed by atoms with Gasteiger partial charge in [0.15, 0.2) is 0 Å². The minimum atomic E-state index is -0.0668. The second kappa shape index (κ2) is 10.6. The van der Waals surface area contributed by atoms with E-state index in [4.69, 9.17) is 0 Å². The predicted octanol–water partition coefficient (Wildman–Crippen LogP) is 5.17. The third kappa shape index (κ3) is 7.48. The van der Waals surface area contributed by atoms with E-state index < -0.39 is 0 Å². The molecule has 0 bridgehead atoms. The van der Waals surface area contributed by atoms with Crippen LogP contribution < -0.4 is 10.2 Å². The number of hydrogen-bond acceptors (Lipinski definition) is 4. The smallest absolute Gasteiger partial charge is 0.228 e. The molecule has 0 saturated carbocycles. The minimum absolute atomic E-state index is 0.00485. The zero-order chi connectivity index (χ0) is 22.3. The number of benzene rings is 1. The first-order valence-corrected chi connectivity index (χ1v) is 11.4. The molecule has 30 heavy (non-hydrogen) atoms. The first-order chi connectivity index (χ1) is 14.1. The van der Waals surface area contributed by atoms with Crippen molar-refractivity contribution in [3.63, 3.8) is 0 Å². The van der Waals surface area contributed by atoms with Gasteiger partial charge in [0.25, 0.3) is 0 Å². The SMILES string of the molecule is CCCN(Cc1cc(NC(=O)CC(C)(C)C)ccc1N(C)C)C(=O)Cc1cccs1. The maximum absolute atomic E-state index is 13.0. The van der Waals surface area contributed by atoms with Crippen LogP contribution in [-0.2, 0) is 22.6 Å². The van der Waals surface area contributed by atoms with Crippen LogP contribution in [-0.4, -0.2) is 37.4 Å². The number of carbonyl (C=O) groups excluding carboxylic acids is 2. The van der Waals surface area contributed by atoms with Crippen LogP contribution in [0.2, 0.25) is 0 Å². The van der Waals surface area contributed by atoms with Crippen LogP contribution in [0.15, 0.2) is 35.7 Å². The molecule has 0 atom stereocenters. The molecule has 2 aromatic rings. The number of amides is 2. The van der Waals surface area contributed by atoms with Gasteiger partial charge in [-0.1, -0.05) is 33.8 Å². The summed E-state index contributed by atoms with van der Waals surface area (Å²) in [7, 11) is 3.99. The van der Waals surface area contributed by atoms with Gasteiger partial charge in [-0.25, -0.2) is 0 Å². The van der Waals surface area contributed by atoms with E-state index >= 15 is 0 Å². The molecule has 1 aromatic carbocycles. The fraction of sp³-hybridized carbons (Fsp3) is 0.500. The lowest BCUT2D eigenvalue weighted by molar-refractivity contribution is -0.131. The van der Waals surface area contributed by atoms with Gasteiger partial charge in [0.2, 0.25) is 11.8 Å². The predicted molar refractivity (Wildman–Crippen MR) is 127 cm³/mol. The van der Waals surface area contributed by atoms with Crippen molar-refractivity contribution in [2.45, 2.75) is 53.5 Å². The van der Waals surface area contributed by atoms with Crippen LogP contribution in [0.3, 0.4) is 0 Å². The molecule has 0 spiro atoms. The summed E-state index contributed by atoms with van der Waals surface area (Å²) in [6, 6.07) is 9.92. The summed E-state index contributed by atoms with van der Waals surface area (Å²) >= 11 is 1.61. The Morgan fingerprint density at radius 3 is 2.43 bits per heavy atom. The van der Waals surface area contributed by atoms with Crippen LogP contribution in [0.1, 0.15) is 51.0 Å². The standard InChI is InChI=1S/C24H35N3O2S/c1-7-12-27(23(29)15-20-9-8-13-30-20)17-18-14-19(10-11-21(18)26(5)6)25-22(28)16-24(2,3)4/h8-11,13-14H,7,12,15-17H2,1-6H3,(H,25,28). The Morgan fingerprint density at radius 2 is 1.87 bits per heavy atom. The Labute approximate surface area is 185 Å². The quantitative estimate of drug-likeness (QED) is 0.598. The number of anilines is 2. The number of carbonyl (C=O) groups is 2. The molecule has 0 unspecified atom stereocenters. The summed E-state index contributed by atoms with van der Waals surface area (Å²) in [5.41, 5.74) is 2.78. The maximum Gasteiger partial charge on any atom is 0.228 e. The maximum atomic E-state index is 13.0. The summed E-state index contributed by atoms with van der Waals surface area (Å²) < 4.78 is 0. The van der Waals surface area contributed by atoms with Crippen molar-refractivity contribution in [2.24, 2.45) is 5.41 Å². The number of nitrogens with one attached hydrogen (secondary N) is 1. The van der Waals surface area contributed by atoms with E-state index in [0.29, 0.717) is 25.9 Å². The van der Waals surface area contributed by atoms with Crippen LogP contribution in [0, 0.1) is 5.41 Å². The lowest BCUT2D eigenvalue weighted by atomic mass is 9.92. The van der Waals surface area contributed by atoms with E-state index in [-0.39, 0.29) is 17.2 Å². The molecule has 0 saturated heterocycles. The molecular formula is C24H35N3O2S. The molecule has 2 rings (SSSR count). The average Bonchev–Trinajstić information content (AvgIpc) is 3.12. The van der Waals surface area contributed by atoms with Gasteiger partial charge in [0, 0.05) is 49.9 Å². The van der Waals surface area contributed by atoms with E-state index in [0.717, 1.165) is 28.2 Å². The topological polar surface area (TPSA) is 52.7 Å². The van der Waals surface area contributed by atoms with E-state index in [2.05, 4.69) is 33.0 Å². The zero-order valence-corrected chi connectivity index (χ0v) is 19.9. The first-order valence-electron chi connectivity index (χ1n) is 10.5. The molecule has 6 heteroatoms. The molecule has 5 nitrogen and oxygen atoms in total. The van der Waals surface area contributed by atoms with Crippen molar-refractivity contribution in [1.29, 1.82) is 0 Å². The molecule has 0 radical (unpaired) electrons.